The molecule has 0 aliphatic rings. The number of amides is 2. The molecule has 0 atom stereocenters. The fourth-order valence-corrected chi connectivity index (χ4v) is 3.42. The van der Waals surface area contributed by atoms with Crippen LogP contribution in [0.2, 0.25) is 0 Å². The van der Waals surface area contributed by atoms with Gasteiger partial charge in [0.1, 0.15) is 0 Å². The van der Waals surface area contributed by atoms with Gasteiger partial charge in [0, 0.05) is 37.3 Å². The van der Waals surface area contributed by atoms with Crippen molar-refractivity contribution in [1.82, 2.24) is 20.0 Å². The van der Waals surface area contributed by atoms with Crippen molar-refractivity contribution in [3.05, 3.63) is 108 Å². The third kappa shape index (κ3) is 4.59. The summed E-state index contributed by atoms with van der Waals surface area (Å²) in [4.78, 5) is 26.3. The quantitative estimate of drug-likeness (QED) is 0.505. The van der Waals surface area contributed by atoms with Gasteiger partial charge in [0.25, 0.3) is 11.8 Å². The van der Waals surface area contributed by atoms with E-state index in [0.717, 1.165) is 22.5 Å². The molecule has 4 rings (SSSR count). The molecule has 160 valence electrons. The van der Waals surface area contributed by atoms with Crippen molar-refractivity contribution in [2.24, 2.45) is 0 Å². The highest BCUT2D eigenvalue weighted by Gasteiger charge is 2.11. The summed E-state index contributed by atoms with van der Waals surface area (Å²) in [6.07, 6.45) is 1.75. The lowest BCUT2D eigenvalue weighted by atomic mass is 10.1. The molecule has 0 aliphatic carbocycles. The van der Waals surface area contributed by atoms with Crippen molar-refractivity contribution < 1.29 is 9.59 Å². The van der Waals surface area contributed by atoms with E-state index in [0.29, 0.717) is 17.7 Å². The Morgan fingerprint density at radius 2 is 1.62 bits per heavy atom. The monoisotopic (exact) mass is 424 g/mol. The van der Waals surface area contributed by atoms with E-state index < -0.39 is 0 Å². The Morgan fingerprint density at radius 3 is 2.34 bits per heavy atom. The van der Waals surface area contributed by atoms with Crippen molar-refractivity contribution in [3.63, 3.8) is 0 Å². The number of nitrogens with zero attached hydrogens (tertiary/aromatic N) is 3. The molecular formula is C26H24N4O2. The number of hydrogen-bond acceptors (Lipinski definition) is 3. The van der Waals surface area contributed by atoms with E-state index in [9.17, 15) is 9.59 Å². The summed E-state index contributed by atoms with van der Waals surface area (Å²) in [5, 5.41) is 7.39. The van der Waals surface area contributed by atoms with E-state index in [4.69, 9.17) is 0 Å². The van der Waals surface area contributed by atoms with Crippen molar-refractivity contribution in [2.45, 2.75) is 6.54 Å². The van der Waals surface area contributed by atoms with Gasteiger partial charge >= 0.3 is 0 Å². The Hall–Kier alpha value is -4.19. The Balaban J connectivity index is 1.47. The third-order valence-electron chi connectivity index (χ3n) is 5.13. The second kappa shape index (κ2) is 9.31. The smallest absolute Gasteiger partial charge is 0.253 e. The van der Waals surface area contributed by atoms with E-state index in [2.05, 4.69) is 10.4 Å². The van der Waals surface area contributed by atoms with Crippen LogP contribution in [0.1, 0.15) is 26.3 Å². The zero-order chi connectivity index (χ0) is 22.5. The van der Waals surface area contributed by atoms with Crippen LogP contribution in [0.4, 0.5) is 0 Å². The predicted octanol–water partition coefficient (Wildman–Crippen LogP) is 4.17. The van der Waals surface area contributed by atoms with Gasteiger partial charge in [-0.2, -0.15) is 5.10 Å². The molecule has 0 bridgehead atoms. The van der Waals surface area contributed by atoms with E-state index in [1.54, 1.807) is 38.5 Å². The molecule has 1 heterocycles. The highest BCUT2D eigenvalue weighted by Crippen LogP contribution is 2.22. The number of rotatable bonds is 6. The Morgan fingerprint density at radius 1 is 0.875 bits per heavy atom. The van der Waals surface area contributed by atoms with Crippen molar-refractivity contribution in [3.8, 4) is 16.9 Å². The first-order valence-corrected chi connectivity index (χ1v) is 10.3. The molecule has 6 heteroatoms. The summed E-state index contributed by atoms with van der Waals surface area (Å²) >= 11 is 0. The van der Waals surface area contributed by atoms with Crippen LogP contribution in [0.3, 0.4) is 0 Å². The van der Waals surface area contributed by atoms with Crippen LogP contribution in [0.15, 0.2) is 91.1 Å². The maximum absolute atomic E-state index is 12.8. The zero-order valence-corrected chi connectivity index (χ0v) is 18.0. The van der Waals surface area contributed by atoms with Gasteiger partial charge in [0.05, 0.1) is 17.6 Å². The average molecular weight is 425 g/mol. The summed E-state index contributed by atoms with van der Waals surface area (Å²) in [6.45, 7) is 0.372. The van der Waals surface area contributed by atoms with Crippen molar-refractivity contribution >= 4 is 11.8 Å². The number of carbonyl (C=O) groups excluding carboxylic acids is 2. The van der Waals surface area contributed by atoms with Gasteiger partial charge in [-0.3, -0.25) is 9.59 Å². The SMILES string of the molecule is CN(C)C(=O)c1ccc(CNC(=O)c2cccc(-n3nccc3-c3ccccc3)c2)cc1. The van der Waals surface area contributed by atoms with Gasteiger partial charge in [-0.1, -0.05) is 48.5 Å². The highest BCUT2D eigenvalue weighted by molar-refractivity contribution is 5.95. The molecular weight excluding hydrogens is 400 g/mol. The number of aromatic nitrogens is 2. The molecule has 0 fully saturated rings. The molecule has 1 N–H and O–H groups in total. The van der Waals surface area contributed by atoms with Gasteiger partial charge in [-0.25, -0.2) is 4.68 Å². The second-order valence-corrected chi connectivity index (χ2v) is 7.62. The zero-order valence-electron chi connectivity index (χ0n) is 18.0. The summed E-state index contributed by atoms with van der Waals surface area (Å²) in [7, 11) is 3.44. The van der Waals surface area contributed by atoms with E-state index >= 15 is 0 Å². The molecule has 2 amide bonds. The second-order valence-electron chi connectivity index (χ2n) is 7.62. The average Bonchev–Trinajstić information content (AvgIpc) is 3.33. The minimum absolute atomic E-state index is 0.0501. The van der Waals surface area contributed by atoms with Gasteiger partial charge < -0.3 is 10.2 Å². The number of nitrogens with one attached hydrogen (secondary N) is 1. The predicted molar refractivity (Wildman–Crippen MR) is 125 cm³/mol. The molecule has 4 aromatic rings. The molecule has 32 heavy (non-hydrogen) atoms. The van der Waals surface area contributed by atoms with Crippen LogP contribution in [-0.2, 0) is 6.54 Å². The van der Waals surface area contributed by atoms with E-state index in [1.807, 2.05) is 71.4 Å². The molecule has 3 aromatic carbocycles. The number of benzene rings is 3. The molecule has 0 saturated heterocycles. The third-order valence-corrected chi connectivity index (χ3v) is 5.13. The summed E-state index contributed by atoms with van der Waals surface area (Å²) in [6, 6.07) is 26.6. The summed E-state index contributed by atoms with van der Waals surface area (Å²) < 4.78 is 1.83. The molecule has 0 unspecified atom stereocenters. The molecule has 0 saturated carbocycles. The van der Waals surface area contributed by atoms with E-state index in [1.165, 1.54) is 4.90 Å². The Bertz CT molecular complexity index is 1230. The van der Waals surface area contributed by atoms with Crippen LogP contribution >= 0.6 is 0 Å². The Labute approximate surface area is 187 Å². The van der Waals surface area contributed by atoms with Crippen LogP contribution < -0.4 is 5.32 Å². The molecule has 0 radical (unpaired) electrons. The van der Waals surface area contributed by atoms with Gasteiger partial charge in [0.15, 0.2) is 0 Å². The molecule has 0 spiro atoms. The van der Waals surface area contributed by atoms with Gasteiger partial charge in [0.2, 0.25) is 0 Å². The fourth-order valence-electron chi connectivity index (χ4n) is 3.42. The maximum Gasteiger partial charge on any atom is 0.253 e. The lowest BCUT2D eigenvalue weighted by molar-refractivity contribution is 0.0827. The van der Waals surface area contributed by atoms with Crippen LogP contribution in [0, 0.1) is 0 Å². The van der Waals surface area contributed by atoms with Crippen molar-refractivity contribution in [2.75, 3.05) is 14.1 Å². The highest BCUT2D eigenvalue weighted by atomic mass is 16.2. The fraction of sp³-hybridized carbons (Fsp3) is 0.115. The largest absolute Gasteiger partial charge is 0.348 e. The molecule has 0 aliphatic heterocycles. The normalized spacial score (nSPS) is 10.6. The first kappa shape index (κ1) is 21.1. The van der Waals surface area contributed by atoms with Gasteiger partial charge in [-0.15, -0.1) is 0 Å². The molecule has 1 aromatic heterocycles. The summed E-state index contributed by atoms with van der Waals surface area (Å²) in [5.41, 5.74) is 4.91. The Kier molecular flexibility index (Phi) is 6.12. The first-order chi connectivity index (χ1) is 15.5. The maximum atomic E-state index is 12.8. The molecule has 6 nitrogen and oxygen atoms in total. The van der Waals surface area contributed by atoms with Gasteiger partial charge in [-0.05, 0) is 42.0 Å². The first-order valence-electron chi connectivity index (χ1n) is 10.3. The lowest BCUT2D eigenvalue weighted by Gasteiger charge is -2.11. The van der Waals surface area contributed by atoms with Crippen molar-refractivity contribution in [1.29, 1.82) is 0 Å². The summed E-state index contributed by atoms with van der Waals surface area (Å²) in [5.74, 6) is -0.223. The minimum Gasteiger partial charge on any atom is -0.348 e. The standard InChI is InChI=1S/C26H24N4O2/c1-29(2)26(32)21-13-11-19(12-14-21)18-27-25(31)22-9-6-10-23(17-22)30-24(15-16-28-30)20-7-4-3-5-8-20/h3-17H,18H2,1-2H3,(H,27,31). The number of hydrogen-bond donors (Lipinski definition) is 1. The minimum atomic E-state index is -0.172. The number of carbonyl (C=O) groups is 2. The lowest BCUT2D eigenvalue weighted by Crippen LogP contribution is -2.23. The topological polar surface area (TPSA) is 67.2 Å². The van der Waals surface area contributed by atoms with Crippen LogP contribution in [0.5, 0.6) is 0 Å². The van der Waals surface area contributed by atoms with Crippen LogP contribution in [-0.4, -0.2) is 40.6 Å². The van der Waals surface area contributed by atoms with E-state index in [-0.39, 0.29) is 11.8 Å². The van der Waals surface area contributed by atoms with Crippen LogP contribution in [0.25, 0.3) is 16.9 Å².